The number of hydrogen-bond acceptors (Lipinski definition) is 7. The minimum absolute atomic E-state index is 0.0689. The van der Waals surface area contributed by atoms with E-state index < -0.39 is 5.92 Å². The molecule has 1 atom stereocenters. The summed E-state index contributed by atoms with van der Waals surface area (Å²) in [5.41, 5.74) is 1.51. The molecule has 0 N–H and O–H groups in total. The van der Waals surface area contributed by atoms with Crippen LogP contribution in [-0.4, -0.2) is 65.4 Å². The van der Waals surface area contributed by atoms with Crippen molar-refractivity contribution in [1.82, 2.24) is 4.90 Å². The fraction of sp³-hybridized carbons (Fsp3) is 0.440. The van der Waals surface area contributed by atoms with Gasteiger partial charge in [-0.15, -0.1) is 0 Å². The lowest BCUT2D eigenvalue weighted by Gasteiger charge is -2.25. The number of hydrogen-bond donors (Lipinski definition) is 0. The fourth-order valence-corrected chi connectivity index (χ4v) is 4.15. The van der Waals surface area contributed by atoms with Gasteiger partial charge in [-0.05, 0) is 24.6 Å². The molecule has 1 fully saturated rings. The van der Waals surface area contributed by atoms with Gasteiger partial charge in [-0.2, -0.15) is 0 Å². The lowest BCUT2D eigenvalue weighted by Crippen LogP contribution is -2.37. The second kappa shape index (κ2) is 11.0. The van der Waals surface area contributed by atoms with Crippen molar-refractivity contribution < 1.29 is 33.3 Å². The summed E-state index contributed by atoms with van der Waals surface area (Å²) in [6.45, 7) is 3.12. The predicted octanol–water partition coefficient (Wildman–Crippen LogP) is 3.13. The molecule has 0 bridgehead atoms. The third-order valence-corrected chi connectivity index (χ3v) is 5.95. The Kier molecular flexibility index (Phi) is 8.09. The van der Waals surface area contributed by atoms with Crippen molar-refractivity contribution in [2.75, 3.05) is 53.5 Å². The van der Waals surface area contributed by atoms with E-state index in [0.717, 1.165) is 5.56 Å². The molecule has 9 nitrogen and oxygen atoms in total. The molecule has 1 unspecified atom stereocenters. The van der Waals surface area contributed by atoms with Crippen LogP contribution in [0.15, 0.2) is 30.3 Å². The first-order chi connectivity index (χ1) is 16.4. The van der Waals surface area contributed by atoms with E-state index in [0.29, 0.717) is 47.5 Å². The van der Waals surface area contributed by atoms with Crippen molar-refractivity contribution in [2.45, 2.75) is 19.9 Å². The van der Waals surface area contributed by atoms with Crippen LogP contribution >= 0.6 is 0 Å². The smallest absolute Gasteiger partial charge is 0.228 e. The van der Waals surface area contributed by atoms with Crippen molar-refractivity contribution in [3.8, 4) is 28.7 Å². The van der Waals surface area contributed by atoms with E-state index in [9.17, 15) is 9.59 Å². The first kappa shape index (κ1) is 25.0. The second-order valence-electron chi connectivity index (χ2n) is 7.83. The highest BCUT2D eigenvalue weighted by Gasteiger charge is 2.37. The van der Waals surface area contributed by atoms with Gasteiger partial charge in [0.25, 0.3) is 0 Å². The second-order valence-corrected chi connectivity index (χ2v) is 7.83. The van der Waals surface area contributed by atoms with Gasteiger partial charge < -0.3 is 33.5 Å². The molecule has 0 aromatic heterocycles. The largest absolute Gasteiger partial charge is 0.493 e. The fourth-order valence-electron chi connectivity index (χ4n) is 4.15. The van der Waals surface area contributed by atoms with Crippen molar-refractivity contribution in [3.05, 3.63) is 35.9 Å². The molecule has 0 radical (unpaired) electrons. The maximum atomic E-state index is 13.3. The standard InChI is InChI=1S/C25H32N2O7/c1-7-26(14-16-8-9-19(30-2)20(10-16)31-3)25(29)17-11-23(28)27(15-17)18-12-21(32-4)24(34-6)22(13-18)33-5/h8-10,12-13,17H,7,11,14-15H2,1-6H3. The molecule has 1 saturated heterocycles. The number of anilines is 1. The van der Waals surface area contributed by atoms with Gasteiger partial charge in [0.05, 0.1) is 47.2 Å². The van der Waals surface area contributed by atoms with E-state index in [1.807, 2.05) is 25.1 Å². The molecule has 184 valence electrons. The third kappa shape index (κ3) is 4.98. The van der Waals surface area contributed by atoms with Gasteiger partial charge in [0.2, 0.25) is 17.6 Å². The van der Waals surface area contributed by atoms with Gasteiger partial charge in [-0.1, -0.05) is 6.07 Å². The molecule has 0 aliphatic carbocycles. The van der Waals surface area contributed by atoms with Crippen LogP contribution in [0.1, 0.15) is 18.9 Å². The highest BCUT2D eigenvalue weighted by molar-refractivity contribution is 6.00. The molecule has 3 rings (SSSR count). The lowest BCUT2D eigenvalue weighted by atomic mass is 10.1. The van der Waals surface area contributed by atoms with Gasteiger partial charge in [0.15, 0.2) is 23.0 Å². The van der Waals surface area contributed by atoms with Gasteiger partial charge in [-0.25, -0.2) is 0 Å². The normalized spacial score (nSPS) is 15.2. The molecule has 0 spiro atoms. The van der Waals surface area contributed by atoms with Crippen LogP contribution in [0.25, 0.3) is 0 Å². The number of carbonyl (C=O) groups is 2. The third-order valence-electron chi connectivity index (χ3n) is 5.95. The maximum absolute atomic E-state index is 13.3. The van der Waals surface area contributed by atoms with Crippen LogP contribution < -0.4 is 28.6 Å². The lowest BCUT2D eigenvalue weighted by molar-refractivity contribution is -0.136. The molecule has 1 heterocycles. The summed E-state index contributed by atoms with van der Waals surface area (Å²) in [7, 11) is 7.72. The SMILES string of the molecule is CCN(Cc1ccc(OC)c(OC)c1)C(=O)C1CC(=O)N(c2cc(OC)c(OC)c(OC)c2)C1. The monoisotopic (exact) mass is 472 g/mol. The van der Waals surface area contributed by atoms with Gasteiger partial charge in [0.1, 0.15) is 0 Å². The summed E-state index contributed by atoms with van der Waals surface area (Å²) in [6, 6.07) is 9.01. The maximum Gasteiger partial charge on any atom is 0.228 e. The highest BCUT2D eigenvalue weighted by Crippen LogP contribution is 2.42. The molecular formula is C25H32N2O7. The molecule has 1 aliphatic rings. The molecule has 34 heavy (non-hydrogen) atoms. The van der Waals surface area contributed by atoms with E-state index in [-0.39, 0.29) is 24.8 Å². The minimum atomic E-state index is -0.452. The molecule has 2 aromatic rings. The van der Waals surface area contributed by atoms with Crippen molar-refractivity contribution in [3.63, 3.8) is 0 Å². The van der Waals surface area contributed by atoms with Crippen LogP contribution in [-0.2, 0) is 16.1 Å². The molecule has 0 saturated carbocycles. The number of methoxy groups -OCH3 is 5. The van der Waals surface area contributed by atoms with Crippen molar-refractivity contribution in [1.29, 1.82) is 0 Å². The average molecular weight is 473 g/mol. The summed E-state index contributed by atoms with van der Waals surface area (Å²) in [5, 5.41) is 0. The summed E-state index contributed by atoms with van der Waals surface area (Å²) in [4.78, 5) is 29.6. The topological polar surface area (TPSA) is 86.8 Å². The zero-order valence-electron chi connectivity index (χ0n) is 20.5. The van der Waals surface area contributed by atoms with Gasteiger partial charge >= 0.3 is 0 Å². The average Bonchev–Trinajstić information content (AvgIpc) is 3.26. The van der Waals surface area contributed by atoms with E-state index in [1.165, 1.54) is 21.3 Å². The molecule has 1 aliphatic heterocycles. The van der Waals surface area contributed by atoms with E-state index in [2.05, 4.69) is 0 Å². The quantitative estimate of drug-likeness (QED) is 0.525. The van der Waals surface area contributed by atoms with E-state index >= 15 is 0 Å². The summed E-state index contributed by atoms with van der Waals surface area (Å²) < 4.78 is 26.8. The first-order valence-electron chi connectivity index (χ1n) is 11.0. The Labute approximate surface area is 200 Å². The van der Waals surface area contributed by atoms with Gasteiger partial charge in [0, 0.05) is 38.2 Å². The number of nitrogens with zero attached hydrogens (tertiary/aromatic N) is 2. The number of carbonyl (C=O) groups excluding carboxylic acids is 2. The van der Waals surface area contributed by atoms with Crippen molar-refractivity contribution >= 4 is 17.5 Å². The Morgan fingerprint density at radius 2 is 1.53 bits per heavy atom. The van der Waals surface area contributed by atoms with Crippen molar-refractivity contribution in [2.24, 2.45) is 5.92 Å². The zero-order valence-corrected chi connectivity index (χ0v) is 20.5. The molecule has 9 heteroatoms. The predicted molar refractivity (Wildman–Crippen MR) is 127 cm³/mol. The Balaban J connectivity index is 1.79. The van der Waals surface area contributed by atoms with E-state index in [1.54, 1.807) is 36.2 Å². The summed E-state index contributed by atoms with van der Waals surface area (Å²) in [5.74, 6) is 1.92. The number of ether oxygens (including phenoxy) is 5. The number of rotatable bonds is 10. The van der Waals surface area contributed by atoms with Crippen LogP contribution in [0.2, 0.25) is 0 Å². The van der Waals surface area contributed by atoms with Gasteiger partial charge in [-0.3, -0.25) is 9.59 Å². The molecule has 2 amide bonds. The summed E-state index contributed by atoms with van der Waals surface area (Å²) >= 11 is 0. The Bertz CT molecular complexity index is 1010. The van der Waals surface area contributed by atoms with E-state index in [4.69, 9.17) is 23.7 Å². The molecule has 2 aromatic carbocycles. The Morgan fingerprint density at radius 3 is 2.06 bits per heavy atom. The van der Waals surface area contributed by atoms with Crippen LogP contribution in [0.3, 0.4) is 0 Å². The first-order valence-corrected chi connectivity index (χ1v) is 11.0. The number of benzene rings is 2. The van der Waals surface area contributed by atoms with Crippen LogP contribution in [0.5, 0.6) is 28.7 Å². The minimum Gasteiger partial charge on any atom is -0.493 e. The molecular weight excluding hydrogens is 440 g/mol. The zero-order chi connectivity index (χ0) is 24.8. The number of amides is 2. The summed E-state index contributed by atoms with van der Waals surface area (Å²) in [6.07, 6.45) is 0.137. The Hall–Kier alpha value is -3.62. The van der Waals surface area contributed by atoms with Crippen LogP contribution in [0.4, 0.5) is 5.69 Å². The van der Waals surface area contributed by atoms with Crippen LogP contribution in [0, 0.1) is 5.92 Å². The highest BCUT2D eigenvalue weighted by atomic mass is 16.5. The Morgan fingerprint density at radius 1 is 0.912 bits per heavy atom.